The van der Waals surface area contributed by atoms with E-state index in [-0.39, 0.29) is 13.0 Å². The summed E-state index contributed by atoms with van der Waals surface area (Å²) in [4.78, 5) is 23.2. The SMILES string of the molecule is O=C(NCCc1ccc(Cl)s1)N[C@@H](CCO)C(=O)O. The number of urea groups is 1. The van der Waals surface area contributed by atoms with Crippen LogP contribution in [0.4, 0.5) is 4.79 Å². The van der Waals surface area contributed by atoms with Crippen LogP contribution < -0.4 is 10.6 Å². The van der Waals surface area contributed by atoms with Crippen LogP contribution in [0.15, 0.2) is 12.1 Å². The standard InChI is InChI=1S/C11H15ClN2O4S/c12-9-2-1-7(19-9)3-5-13-11(18)14-8(4-6-15)10(16)17/h1-2,8,15H,3-6H2,(H,16,17)(H2,13,14,18)/t8-/m0/s1. The van der Waals surface area contributed by atoms with Crippen molar-refractivity contribution in [2.75, 3.05) is 13.2 Å². The Hall–Kier alpha value is -1.31. The van der Waals surface area contributed by atoms with E-state index in [0.29, 0.717) is 17.3 Å². The molecule has 0 saturated carbocycles. The van der Waals surface area contributed by atoms with Gasteiger partial charge in [0.2, 0.25) is 0 Å². The number of aliphatic hydroxyl groups is 1. The number of thiophene rings is 1. The summed E-state index contributed by atoms with van der Waals surface area (Å²) >= 11 is 7.20. The number of aliphatic hydroxyl groups excluding tert-OH is 1. The molecule has 1 rings (SSSR count). The second-order valence-corrected chi connectivity index (χ2v) is 5.56. The smallest absolute Gasteiger partial charge is 0.326 e. The van der Waals surface area contributed by atoms with Crippen LogP contribution in [-0.2, 0) is 11.2 Å². The first-order chi connectivity index (χ1) is 9.02. The molecule has 6 nitrogen and oxygen atoms in total. The highest BCUT2D eigenvalue weighted by atomic mass is 35.5. The topological polar surface area (TPSA) is 98.7 Å². The molecule has 1 atom stereocenters. The van der Waals surface area contributed by atoms with Crippen LogP contribution in [0.3, 0.4) is 0 Å². The van der Waals surface area contributed by atoms with Crippen molar-refractivity contribution < 1.29 is 19.8 Å². The Balaban J connectivity index is 2.28. The summed E-state index contributed by atoms with van der Waals surface area (Å²) in [6.45, 7) is 0.0824. The average Bonchev–Trinajstić information content (AvgIpc) is 2.74. The monoisotopic (exact) mass is 306 g/mol. The van der Waals surface area contributed by atoms with Crippen LogP contribution in [0.2, 0.25) is 4.34 Å². The zero-order chi connectivity index (χ0) is 14.3. The second-order valence-electron chi connectivity index (χ2n) is 3.76. The van der Waals surface area contributed by atoms with Gasteiger partial charge in [0.1, 0.15) is 6.04 Å². The normalized spacial score (nSPS) is 11.9. The highest BCUT2D eigenvalue weighted by Crippen LogP contribution is 2.21. The minimum absolute atomic E-state index is 0.0245. The molecule has 0 spiro atoms. The van der Waals surface area contributed by atoms with Gasteiger partial charge in [-0.25, -0.2) is 9.59 Å². The number of aliphatic carboxylic acids is 1. The number of carbonyl (C=O) groups is 2. The summed E-state index contributed by atoms with van der Waals surface area (Å²) in [5, 5.41) is 22.3. The number of halogens is 1. The van der Waals surface area contributed by atoms with E-state index >= 15 is 0 Å². The number of carboxylic acid groups (broad SMARTS) is 1. The second kappa shape index (κ2) is 7.98. The third-order valence-corrected chi connectivity index (χ3v) is 3.60. The number of nitrogens with one attached hydrogen (secondary N) is 2. The summed E-state index contributed by atoms with van der Waals surface area (Å²) < 4.78 is 0.688. The highest BCUT2D eigenvalue weighted by molar-refractivity contribution is 7.16. The number of rotatable bonds is 7. The zero-order valence-corrected chi connectivity index (χ0v) is 11.6. The number of carboxylic acids is 1. The molecule has 4 N–H and O–H groups in total. The molecule has 0 unspecified atom stereocenters. The molecule has 2 amide bonds. The van der Waals surface area contributed by atoms with Crippen LogP contribution >= 0.6 is 22.9 Å². The maximum absolute atomic E-state index is 11.4. The van der Waals surface area contributed by atoms with Gasteiger partial charge in [-0.15, -0.1) is 11.3 Å². The van der Waals surface area contributed by atoms with Crippen LogP contribution in [0.5, 0.6) is 0 Å². The molecule has 0 bridgehead atoms. The first kappa shape index (κ1) is 15.7. The fourth-order valence-electron chi connectivity index (χ4n) is 1.38. The predicted molar refractivity (Wildman–Crippen MR) is 72.7 cm³/mol. The lowest BCUT2D eigenvalue weighted by Gasteiger charge is -2.13. The van der Waals surface area contributed by atoms with E-state index in [9.17, 15) is 9.59 Å². The van der Waals surface area contributed by atoms with E-state index < -0.39 is 18.0 Å². The summed E-state index contributed by atoms with van der Waals surface area (Å²) in [5.41, 5.74) is 0. The summed E-state index contributed by atoms with van der Waals surface area (Å²) in [5.74, 6) is -1.17. The number of hydrogen-bond acceptors (Lipinski definition) is 4. The molecule has 0 aliphatic carbocycles. The number of carbonyl (C=O) groups excluding carboxylic acids is 1. The molecule has 1 aromatic rings. The van der Waals surface area contributed by atoms with Crippen LogP contribution in [-0.4, -0.2) is 41.4 Å². The van der Waals surface area contributed by atoms with Gasteiger partial charge >= 0.3 is 12.0 Å². The minimum Gasteiger partial charge on any atom is -0.480 e. The maximum Gasteiger partial charge on any atom is 0.326 e. The predicted octanol–water partition coefficient (Wildman–Crippen LogP) is 1.08. The lowest BCUT2D eigenvalue weighted by atomic mass is 10.2. The molecule has 0 aliphatic heterocycles. The number of hydrogen-bond donors (Lipinski definition) is 4. The van der Waals surface area contributed by atoms with Gasteiger partial charge in [-0.3, -0.25) is 0 Å². The van der Waals surface area contributed by atoms with Crippen molar-refractivity contribution in [3.8, 4) is 0 Å². The Morgan fingerprint density at radius 1 is 1.42 bits per heavy atom. The molecule has 0 fully saturated rings. The van der Waals surface area contributed by atoms with E-state index in [2.05, 4.69) is 10.6 Å². The minimum atomic E-state index is -1.17. The quantitative estimate of drug-likeness (QED) is 0.606. The first-order valence-corrected chi connectivity index (χ1v) is 6.84. The molecule has 0 aromatic carbocycles. The van der Waals surface area contributed by atoms with Crippen molar-refractivity contribution in [3.05, 3.63) is 21.3 Å². The molecule has 0 saturated heterocycles. The maximum atomic E-state index is 11.4. The third-order valence-electron chi connectivity index (χ3n) is 2.31. The van der Waals surface area contributed by atoms with Crippen molar-refractivity contribution >= 4 is 34.9 Å². The largest absolute Gasteiger partial charge is 0.480 e. The average molecular weight is 307 g/mol. The van der Waals surface area contributed by atoms with E-state index in [1.807, 2.05) is 6.07 Å². The molecular weight excluding hydrogens is 292 g/mol. The summed E-state index contributed by atoms with van der Waals surface area (Å²) in [7, 11) is 0. The van der Waals surface area contributed by atoms with Crippen molar-refractivity contribution in [1.29, 1.82) is 0 Å². The Bertz CT molecular complexity index is 438. The summed E-state index contributed by atoms with van der Waals surface area (Å²) in [6.07, 6.45) is 0.603. The lowest BCUT2D eigenvalue weighted by Crippen LogP contribution is -2.46. The molecule has 0 aliphatic rings. The molecule has 19 heavy (non-hydrogen) atoms. The van der Waals surface area contributed by atoms with Gasteiger partial charge in [0.15, 0.2) is 0 Å². The Labute approximate surface area is 119 Å². The molecule has 8 heteroatoms. The summed E-state index contributed by atoms with van der Waals surface area (Å²) in [6, 6.07) is 2.01. The van der Waals surface area contributed by atoms with Crippen molar-refractivity contribution in [3.63, 3.8) is 0 Å². The fraction of sp³-hybridized carbons (Fsp3) is 0.455. The van der Waals surface area contributed by atoms with Crippen LogP contribution in [0.1, 0.15) is 11.3 Å². The van der Waals surface area contributed by atoms with E-state index in [4.69, 9.17) is 21.8 Å². The fourth-order valence-corrected chi connectivity index (χ4v) is 2.47. The zero-order valence-electron chi connectivity index (χ0n) is 10.1. The first-order valence-electron chi connectivity index (χ1n) is 5.65. The Kier molecular flexibility index (Phi) is 6.61. The van der Waals surface area contributed by atoms with Gasteiger partial charge in [-0.1, -0.05) is 11.6 Å². The van der Waals surface area contributed by atoms with Gasteiger partial charge < -0.3 is 20.8 Å². The van der Waals surface area contributed by atoms with E-state index in [0.717, 1.165) is 4.88 Å². The highest BCUT2D eigenvalue weighted by Gasteiger charge is 2.18. The number of amides is 2. The van der Waals surface area contributed by atoms with Gasteiger partial charge in [0.05, 0.1) is 4.34 Å². The van der Waals surface area contributed by atoms with Crippen molar-refractivity contribution in [2.24, 2.45) is 0 Å². The van der Waals surface area contributed by atoms with Gasteiger partial charge in [0.25, 0.3) is 0 Å². The van der Waals surface area contributed by atoms with Crippen LogP contribution in [0, 0.1) is 0 Å². The van der Waals surface area contributed by atoms with Crippen LogP contribution in [0.25, 0.3) is 0 Å². The van der Waals surface area contributed by atoms with Gasteiger partial charge in [0, 0.05) is 24.4 Å². The molecule has 106 valence electrons. The van der Waals surface area contributed by atoms with E-state index in [1.165, 1.54) is 11.3 Å². The Morgan fingerprint density at radius 2 is 2.16 bits per heavy atom. The van der Waals surface area contributed by atoms with Crippen molar-refractivity contribution in [2.45, 2.75) is 18.9 Å². The molecule has 1 aromatic heterocycles. The Morgan fingerprint density at radius 3 is 2.68 bits per heavy atom. The van der Waals surface area contributed by atoms with Crippen molar-refractivity contribution in [1.82, 2.24) is 10.6 Å². The molecule has 1 heterocycles. The molecule has 0 radical (unpaired) electrons. The van der Waals surface area contributed by atoms with Gasteiger partial charge in [-0.05, 0) is 18.6 Å². The molecular formula is C11H15ClN2O4S. The third kappa shape index (κ3) is 5.91. The van der Waals surface area contributed by atoms with E-state index in [1.54, 1.807) is 6.07 Å². The lowest BCUT2D eigenvalue weighted by molar-refractivity contribution is -0.139. The van der Waals surface area contributed by atoms with Gasteiger partial charge in [-0.2, -0.15) is 0 Å².